The Bertz CT molecular complexity index is 1190. The summed E-state index contributed by atoms with van der Waals surface area (Å²) in [7, 11) is 0. The first kappa shape index (κ1) is 23.0. The molecule has 1 aliphatic carbocycles. The molecule has 9 nitrogen and oxygen atoms in total. The molecule has 1 aliphatic heterocycles. The maximum atomic E-state index is 14.4. The van der Waals surface area contributed by atoms with Gasteiger partial charge in [0.05, 0.1) is 24.6 Å². The summed E-state index contributed by atoms with van der Waals surface area (Å²) in [6, 6.07) is 3.59. The quantitative estimate of drug-likeness (QED) is 0.492. The summed E-state index contributed by atoms with van der Waals surface area (Å²) in [4.78, 5) is 0. The number of aliphatic hydroxyl groups excluding tert-OH is 3. The number of hydrogen-bond acceptors (Lipinski definition) is 8. The predicted molar refractivity (Wildman–Crippen MR) is 114 cm³/mol. The molecule has 3 N–H and O–H groups in total. The van der Waals surface area contributed by atoms with Crippen LogP contribution in [0.25, 0.3) is 11.3 Å². The summed E-state index contributed by atoms with van der Waals surface area (Å²) < 4.78 is 40.9. The summed E-state index contributed by atoms with van der Waals surface area (Å²) in [6.45, 7) is 3.05. The molecule has 0 bridgehead atoms. The third kappa shape index (κ3) is 3.92. The van der Waals surface area contributed by atoms with Gasteiger partial charge in [-0.05, 0) is 31.4 Å². The molecule has 2 aliphatic rings. The second-order valence-electron chi connectivity index (χ2n) is 9.45. The van der Waals surface area contributed by atoms with Crippen LogP contribution in [0.3, 0.4) is 0 Å². The number of aryl methyl sites for hydroxylation is 1. The number of aromatic nitrogens is 4. The lowest BCUT2D eigenvalue weighted by atomic mass is 9.90. The molecule has 34 heavy (non-hydrogen) atoms. The molecule has 5 rings (SSSR count). The number of hydrogen-bond donors (Lipinski definition) is 3. The smallest absolute Gasteiger partial charge is 0.168 e. The summed E-state index contributed by atoms with van der Waals surface area (Å²) in [5.41, 5.74) is 0.961. The highest BCUT2D eigenvalue weighted by Gasteiger charge is 2.47. The first-order valence-corrected chi connectivity index (χ1v) is 11.2. The van der Waals surface area contributed by atoms with E-state index in [1.165, 1.54) is 29.9 Å². The van der Waals surface area contributed by atoms with Crippen LogP contribution in [-0.2, 0) is 16.6 Å². The van der Waals surface area contributed by atoms with Crippen LogP contribution in [0.15, 0.2) is 28.9 Å². The Hall–Kier alpha value is -2.73. The second-order valence-corrected chi connectivity index (χ2v) is 9.45. The molecule has 1 aromatic carbocycles. The molecule has 1 saturated carbocycles. The van der Waals surface area contributed by atoms with Crippen LogP contribution in [0.5, 0.6) is 0 Å². The van der Waals surface area contributed by atoms with Gasteiger partial charge in [0.15, 0.2) is 11.6 Å². The van der Waals surface area contributed by atoms with Crippen LogP contribution in [-0.4, -0.2) is 66.5 Å². The van der Waals surface area contributed by atoms with Crippen LogP contribution in [0, 0.1) is 18.6 Å². The van der Waals surface area contributed by atoms with Crippen LogP contribution in [0.1, 0.15) is 42.8 Å². The molecule has 0 amide bonds. The maximum absolute atomic E-state index is 14.4. The summed E-state index contributed by atoms with van der Waals surface area (Å²) in [5.74, 6) is -1.53. The lowest BCUT2D eigenvalue weighted by Gasteiger charge is -2.41. The van der Waals surface area contributed by atoms with Crippen molar-refractivity contribution in [1.29, 1.82) is 0 Å². The van der Waals surface area contributed by atoms with E-state index in [4.69, 9.17) is 9.26 Å². The van der Waals surface area contributed by atoms with Crippen LogP contribution < -0.4 is 0 Å². The Morgan fingerprint density at radius 3 is 2.59 bits per heavy atom. The zero-order valence-electron chi connectivity index (χ0n) is 18.7. The normalized spacial score (nSPS) is 28.3. The third-order valence-electron chi connectivity index (χ3n) is 6.94. The fourth-order valence-corrected chi connectivity index (χ4v) is 4.39. The number of ether oxygens (including phenoxy) is 1. The van der Waals surface area contributed by atoms with E-state index in [0.29, 0.717) is 5.76 Å². The van der Waals surface area contributed by atoms with Gasteiger partial charge < -0.3 is 24.6 Å². The summed E-state index contributed by atoms with van der Waals surface area (Å²) in [5, 5.41) is 43.6. The number of halogens is 2. The van der Waals surface area contributed by atoms with E-state index in [-0.39, 0.29) is 28.7 Å². The third-order valence-corrected chi connectivity index (χ3v) is 6.94. The van der Waals surface area contributed by atoms with Gasteiger partial charge in [-0.2, -0.15) is 0 Å². The Kier molecular flexibility index (Phi) is 5.75. The maximum Gasteiger partial charge on any atom is 0.168 e. The standard InChI is InChI=1S/C23H26F2N4O5/c1-11-3-4-13(19(25)18(11)24)14-9-29(28-26-14)20-21(31)15(33-16(10-30)22(20)32)7-12-8-17(27-34-12)23(2)5-6-23/h3-4,8-9,15-16,20-22,30-32H,5-7,10H2,1-2H3/t15-,16-,20-,21+,22+/m1/s1. The van der Waals surface area contributed by atoms with Crippen molar-refractivity contribution < 1.29 is 33.4 Å². The molecule has 182 valence electrons. The van der Waals surface area contributed by atoms with Gasteiger partial charge in [-0.3, -0.25) is 0 Å². The van der Waals surface area contributed by atoms with Crippen molar-refractivity contribution in [2.45, 2.75) is 69.0 Å². The van der Waals surface area contributed by atoms with Gasteiger partial charge in [-0.25, -0.2) is 13.5 Å². The molecule has 2 aromatic heterocycles. The Morgan fingerprint density at radius 2 is 1.88 bits per heavy atom. The molecule has 2 fully saturated rings. The minimum Gasteiger partial charge on any atom is -0.394 e. The fourth-order valence-electron chi connectivity index (χ4n) is 4.39. The van der Waals surface area contributed by atoms with E-state index in [1.807, 2.05) is 6.07 Å². The Labute approximate surface area is 194 Å². The van der Waals surface area contributed by atoms with Gasteiger partial charge in [0, 0.05) is 23.5 Å². The minimum atomic E-state index is -1.33. The number of aliphatic hydroxyl groups is 3. The topological polar surface area (TPSA) is 127 Å². The van der Waals surface area contributed by atoms with Gasteiger partial charge in [0.2, 0.25) is 0 Å². The van der Waals surface area contributed by atoms with E-state index >= 15 is 0 Å². The molecular formula is C23H26F2N4O5. The highest BCUT2D eigenvalue weighted by molar-refractivity contribution is 5.59. The van der Waals surface area contributed by atoms with Crippen LogP contribution >= 0.6 is 0 Å². The molecule has 0 radical (unpaired) electrons. The Balaban J connectivity index is 1.41. The van der Waals surface area contributed by atoms with Crippen molar-refractivity contribution in [1.82, 2.24) is 20.2 Å². The number of benzene rings is 1. The molecule has 1 saturated heterocycles. The summed E-state index contributed by atoms with van der Waals surface area (Å²) >= 11 is 0. The molecule has 3 heterocycles. The van der Waals surface area contributed by atoms with Crippen molar-refractivity contribution in [2.24, 2.45) is 0 Å². The monoisotopic (exact) mass is 476 g/mol. The van der Waals surface area contributed by atoms with Gasteiger partial charge >= 0.3 is 0 Å². The summed E-state index contributed by atoms with van der Waals surface area (Å²) in [6.07, 6.45) is -0.920. The molecule has 0 unspecified atom stereocenters. The largest absolute Gasteiger partial charge is 0.394 e. The minimum absolute atomic E-state index is 0.0159. The zero-order chi connectivity index (χ0) is 24.2. The van der Waals surface area contributed by atoms with E-state index in [2.05, 4.69) is 22.4 Å². The van der Waals surface area contributed by atoms with E-state index in [0.717, 1.165) is 18.5 Å². The van der Waals surface area contributed by atoms with Crippen molar-refractivity contribution in [3.63, 3.8) is 0 Å². The van der Waals surface area contributed by atoms with Crippen molar-refractivity contribution >= 4 is 0 Å². The second kappa shape index (κ2) is 8.49. The molecule has 11 heteroatoms. The van der Waals surface area contributed by atoms with E-state index in [9.17, 15) is 24.1 Å². The van der Waals surface area contributed by atoms with Gasteiger partial charge in [0.25, 0.3) is 0 Å². The van der Waals surface area contributed by atoms with E-state index < -0.39 is 48.7 Å². The molecule has 0 spiro atoms. The van der Waals surface area contributed by atoms with Crippen molar-refractivity contribution in [2.75, 3.05) is 6.61 Å². The molecular weight excluding hydrogens is 450 g/mol. The predicted octanol–water partition coefficient (Wildman–Crippen LogP) is 1.84. The average molecular weight is 476 g/mol. The number of nitrogens with zero attached hydrogens (tertiary/aromatic N) is 4. The van der Waals surface area contributed by atoms with Crippen molar-refractivity contribution in [3.05, 3.63) is 53.0 Å². The SMILES string of the molecule is Cc1ccc(-c2cn([C@H]3[C@@H](O)[C@@H](CO)O[C@H](Cc4cc(C5(C)CC5)no4)[C@@H]3O)nn2)c(F)c1F. The van der Waals surface area contributed by atoms with Crippen molar-refractivity contribution in [3.8, 4) is 11.3 Å². The van der Waals surface area contributed by atoms with Crippen LogP contribution in [0.4, 0.5) is 8.78 Å². The van der Waals surface area contributed by atoms with Gasteiger partial charge in [-0.15, -0.1) is 5.10 Å². The van der Waals surface area contributed by atoms with Gasteiger partial charge in [0.1, 0.15) is 35.8 Å². The number of rotatable bonds is 6. The lowest BCUT2D eigenvalue weighted by Crippen LogP contribution is -2.56. The first-order chi connectivity index (χ1) is 16.2. The molecule has 5 atom stereocenters. The highest BCUT2D eigenvalue weighted by Crippen LogP contribution is 2.47. The van der Waals surface area contributed by atoms with E-state index in [1.54, 1.807) is 0 Å². The zero-order valence-corrected chi connectivity index (χ0v) is 18.7. The average Bonchev–Trinajstić information content (AvgIpc) is 3.19. The fraction of sp³-hybridized carbons (Fsp3) is 0.522. The molecule has 3 aromatic rings. The first-order valence-electron chi connectivity index (χ1n) is 11.2. The highest BCUT2D eigenvalue weighted by atomic mass is 19.2. The van der Waals surface area contributed by atoms with Crippen LogP contribution in [0.2, 0.25) is 0 Å². The lowest BCUT2D eigenvalue weighted by molar-refractivity contribution is -0.205. The Morgan fingerprint density at radius 1 is 1.15 bits per heavy atom. The van der Waals surface area contributed by atoms with Gasteiger partial charge in [-0.1, -0.05) is 23.4 Å².